The van der Waals surface area contributed by atoms with Gasteiger partial charge in [0.05, 0.1) is 15.8 Å². The summed E-state index contributed by atoms with van der Waals surface area (Å²) < 4.78 is 0.857. The number of nitro benzene ring substituents is 1. The zero-order valence-corrected chi connectivity index (χ0v) is 12.7. The van der Waals surface area contributed by atoms with Crippen LogP contribution < -0.4 is 10.0 Å². The highest BCUT2D eigenvalue weighted by atomic mass is 79.9. The summed E-state index contributed by atoms with van der Waals surface area (Å²) in [6, 6.07) is 6.67. The lowest BCUT2D eigenvalue weighted by atomic mass is 10.1. The van der Waals surface area contributed by atoms with E-state index in [1.807, 2.05) is 0 Å². The van der Waals surface area contributed by atoms with Crippen LogP contribution >= 0.6 is 27.3 Å². The van der Waals surface area contributed by atoms with E-state index in [1.54, 1.807) is 18.2 Å². The van der Waals surface area contributed by atoms with Gasteiger partial charge in [-0.2, -0.15) is 0 Å². The van der Waals surface area contributed by atoms with Crippen LogP contribution in [0.5, 0.6) is 0 Å². The molecule has 0 fully saturated rings. The number of nitrogens with zero attached hydrogens (tertiary/aromatic N) is 3. The third-order valence-corrected chi connectivity index (χ3v) is 4.89. The van der Waals surface area contributed by atoms with Crippen LogP contribution in [-0.2, 0) is 0 Å². The van der Waals surface area contributed by atoms with E-state index in [1.165, 1.54) is 17.4 Å². The number of hydrogen-bond donors (Lipinski definition) is 0. The average Bonchev–Trinajstić information content (AvgIpc) is 2.89. The summed E-state index contributed by atoms with van der Waals surface area (Å²) in [6.45, 7) is 0.733. The van der Waals surface area contributed by atoms with Crippen molar-refractivity contribution >= 4 is 39.0 Å². The van der Waals surface area contributed by atoms with Gasteiger partial charge in [-0.3, -0.25) is 15.1 Å². The number of rotatable bonds is 3. The molecule has 0 amide bonds. The maximum atomic E-state index is 11.1. The molecule has 102 valence electrons. The van der Waals surface area contributed by atoms with Crippen molar-refractivity contribution in [2.24, 2.45) is 10.9 Å². The fraction of sp³-hybridized carbons (Fsp3) is 0.231. The highest BCUT2D eigenvalue weighted by molar-refractivity contribution is 9.09. The number of aromatic nitrogens is 1. The van der Waals surface area contributed by atoms with Gasteiger partial charge in [-0.15, -0.1) is 0 Å². The predicted octanol–water partition coefficient (Wildman–Crippen LogP) is 2.14. The molecule has 0 bridgehead atoms. The monoisotopic (exact) mass is 351 g/mol. The molecule has 1 aromatic heterocycles. The number of hydrogen-bond acceptors (Lipinski definition) is 5. The maximum Gasteiger partial charge on any atom is 0.279 e. The van der Waals surface area contributed by atoms with Crippen LogP contribution in [0.3, 0.4) is 0 Å². The molecule has 0 radical (unpaired) electrons. The minimum absolute atomic E-state index is 0.0793. The first-order valence-electron chi connectivity index (χ1n) is 6.02. The summed E-state index contributed by atoms with van der Waals surface area (Å²) >= 11 is 4.84. The Morgan fingerprint density at radius 2 is 2.25 bits per heavy atom. The molecule has 3 rings (SSSR count). The van der Waals surface area contributed by atoms with Gasteiger partial charge in [0, 0.05) is 23.9 Å². The Balaban J connectivity index is 2.15. The number of thiazole rings is 1. The molecule has 7 heteroatoms. The summed E-state index contributed by atoms with van der Waals surface area (Å²) in [5.74, 6) is 0.336. The third kappa shape index (κ3) is 2.38. The zero-order valence-electron chi connectivity index (χ0n) is 10.3. The first-order chi connectivity index (χ1) is 9.69. The summed E-state index contributed by atoms with van der Waals surface area (Å²) in [4.78, 5) is 19.7. The van der Waals surface area contributed by atoms with Gasteiger partial charge in [-0.05, 0) is 12.1 Å². The van der Waals surface area contributed by atoms with E-state index in [-0.39, 0.29) is 10.6 Å². The Labute approximate surface area is 127 Å². The quantitative estimate of drug-likeness (QED) is 0.483. The molecule has 2 heterocycles. The standard InChI is InChI=1S/C13H10BrN3O2S/c14-6-8-5-10-13(15-7-8)20-12(16-10)9-3-1-2-4-11(9)17(18)19/h1-5,8H,6-7H2. The molecule has 5 nitrogen and oxygen atoms in total. The minimum Gasteiger partial charge on any atom is -0.272 e. The normalized spacial score (nSPS) is 16.9. The van der Waals surface area contributed by atoms with Crippen molar-refractivity contribution in [2.45, 2.75) is 0 Å². The number of benzene rings is 1. The first-order valence-corrected chi connectivity index (χ1v) is 7.96. The Morgan fingerprint density at radius 1 is 1.45 bits per heavy atom. The van der Waals surface area contributed by atoms with Gasteiger partial charge in [0.1, 0.15) is 9.68 Å². The van der Waals surface area contributed by atoms with Crippen molar-refractivity contribution in [1.82, 2.24) is 4.98 Å². The van der Waals surface area contributed by atoms with E-state index in [2.05, 4.69) is 32.0 Å². The van der Waals surface area contributed by atoms with E-state index < -0.39 is 0 Å². The minimum atomic E-state index is -0.377. The molecule has 0 spiro atoms. The van der Waals surface area contributed by atoms with Crippen LogP contribution in [0.2, 0.25) is 0 Å². The van der Waals surface area contributed by atoms with Crippen molar-refractivity contribution in [1.29, 1.82) is 0 Å². The number of halogens is 1. The van der Waals surface area contributed by atoms with Gasteiger partial charge < -0.3 is 0 Å². The molecule has 1 atom stereocenters. The SMILES string of the molecule is O=[N+]([O-])c1ccccc1-c1nc2c(s1)=NCC(CBr)C=2. The fourth-order valence-electron chi connectivity index (χ4n) is 2.04. The lowest BCUT2D eigenvalue weighted by Crippen LogP contribution is -2.29. The molecule has 20 heavy (non-hydrogen) atoms. The maximum absolute atomic E-state index is 11.1. The molecular formula is C13H10BrN3O2S. The molecule has 0 saturated heterocycles. The Hall–Kier alpha value is -1.60. The third-order valence-electron chi connectivity index (χ3n) is 3.03. The molecule has 1 aromatic carbocycles. The summed E-state index contributed by atoms with van der Waals surface area (Å²) in [7, 11) is 0. The predicted molar refractivity (Wildman–Crippen MR) is 81.6 cm³/mol. The summed E-state index contributed by atoms with van der Waals surface area (Å²) in [5, 5.41) is 13.4. The van der Waals surface area contributed by atoms with E-state index in [0.717, 1.165) is 21.9 Å². The van der Waals surface area contributed by atoms with Gasteiger partial charge in [0.15, 0.2) is 0 Å². The zero-order chi connectivity index (χ0) is 14.1. The van der Waals surface area contributed by atoms with Crippen LogP contribution in [-0.4, -0.2) is 21.8 Å². The number of para-hydroxylation sites is 1. The molecule has 1 unspecified atom stereocenters. The fourth-order valence-corrected chi connectivity index (χ4v) is 3.40. The van der Waals surface area contributed by atoms with Crippen molar-refractivity contribution in [3.8, 4) is 10.6 Å². The first kappa shape index (κ1) is 13.4. The van der Waals surface area contributed by atoms with E-state index in [9.17, 15) is 10.1 Å². The van der Waals surface area contributed by atoms with Gasteiger partial charge >= 0.3 is 0 Å². The topological polar surface area (TPSA) is 68.4 Å². The van der Waals surface area contributed by atoms with Gasteiger partial charge in [0.2, 0.25) is 0 Å². The second-order valence-electron chi connectivity index (χ2n) is 4.41. The van der Waals surface area contributed by atoms with Crippen molar-refractivity contribution in [3.05, 3.63) is 44.4 Å². The Kier molecular flexibility index (Phi) is 3.62. The number of nitro groups is 1. The van der Waals surface area contributed by atoms with Crippen LogP contribution in [0.25, 0.3) is 16.6 Å². The number of fused-ring (bicyclic) bond motifs is 1. The largest absolute Gasteiger partial charge is 0.279 e. The van der Waals surface area contributed by atoms with Crippen LogP contribution in [0.1, 0.15) is 0 Å². The average molecular weight is 352 g/mol. The van der Waals surface area contributed by atoms with Gasteiger partial charge in [-0.25, -0.2) is 4.98 Å². The highest BCUT2D eigenvalue weighted by Gasteiger charge is 2.18. The molecule has 0 aliphatic carbocycles. The lowest BCUT2D eigenvalue weighted by Gasteiger charge is -2.05. The molecule has 0 N–H and O–H groups in total. The second-order valence-corrected chi connectivity index (χ2v) is 6.03. The molecule has 1 aliphatic heterocycles. The smallest absolute Gasteiger partial charge is 0.272 e. The molecule has 1 aliphatic rings. The lowest BCUT2D eigenvalue weighted by molar-refractivity contribution is -0.384. The van der Waals surface area contributed by atoms with E-state index in [4.69, 9.17) is 0 Å². The second kappa shape index (κ2) is 5.41. The van der Waals surface area contributed by atoms with E-state index in [0.29, 0.717) is 16.5 Å². The molecule has 2 aromatic rings. The number of alkyl halides is 1. The van der Waals surface area contributed by atoms with Crippen LogP contribution in [0, 0.1) is 16.0 Å². The van der Waals surface area contributed by atoms with Crippen molar-refractivity contribution in [2.75, 3.05) is 11.9 Å². The van der Waals surface area contributed by atoms with E-state index >= 15 is 0 Å². The Morgan fingerprint density at radius 3 is 3.00 bits per heavy atom. The van der Waals surface area contributed by atoms with Crippen LogP contribution in [0.4, 0.5) is 5.69 Å². The van der Waals surface area contributed by atoms with Crippen LogP contribution in [0.15, 0.2) is 29.3 Å². The van der Waals surface area contributed by atoms with Gasteiger partial charge in [-0.1, -0.05) is 39.4 Å². The van der Waals surface area contributed by atoms with Crippen molar-refractivity contribution < 1.29 is 4.92 Å². The summed E-state index contributed by atoms with van der Waals surface area (Å²) in [5.41, 5.74) is 0.631. The highest BCUT2D eigenvalue weighted by Crippen LogP contribution is 2.29. The molecule has 0 saturated carbocycles. The molecular weight excluding hydrogens is 342 g/mol. The Bertz CT molecular complexity index is 787. The van der Waals surface area contributed by atoms with Gasteiger partial charge in [0.25, 0.3) is 5.69 Å². The van der Waals surface area contributed by atoms with Crippen molar-refractivity contribution in [3.63, 3.8) is 0 Å². The summed E-state index contributed by atoms with van der Waals surface area (Å²) in [6.07, 6.45) is 2.08.